The van der Waals surface area contributed by atoms with Crippen molar-refractivity contribution in [3.8, 4) is 0 Å². The van der Waals surface area contributed by atoms with Crippen molar-refractivity contribution >= 4 is 27.8 Å². The van der Waals surface area contributed by atoms with E-state index in [1.165, 1.54) is 18.2 Å². The molecule has 6 heteroatoms. The number of aliphatic carboxylic acids is 1. The van der Waals surface area contributed by atoms with E-state index in [9.17, 15) is 14.0 Å². The topological polar surface area (TPSA) is 66.4 Å². The molecule has 0 unspecified atom stereocenters. The first-order chi connectivity index (χ1) is 8.92. The van der Waals surface area contributed by atoms with E-state index in [0.717, 1.165) is 6.42 Å². The molecule has 0 aliphatic heterocycles. The van der Waals surface area contributed by atoms with E-state index in [1.807, 2.05) is 0 Å². The van der Waals surface area contributed by atoms with Crippen LogP contribution in [-0.4, -0.2) is 22.5 Å². The first kappa shape index (κ1) is 14.0. The van der Waals surface area contributed by atoms with Gasteiger partial charge in [0, 0.05) is 4.47 Å². The van der Waals surface area contributed by atoms with Crippen molar-refractivity contribution in [3.63, 3.8) is 0 Å². The zero-order valence-electron chi connectivity index (χ0n) is 10.1. The van der Waals surface area contributed by atoms with Crippen molar-refractivity contribution in [2.24, 2.45) is 0 Å². The number of carboxylic acid groups (broad SMARTS) is 1. The normalized spacial score (nSPS) is 16.5. The smallest absolute Gasteiger partial charge is 0.305 e. The van der Waals surface area contributed by atoms with Crippen LogP contribution in [0.15, 0.2) is 22.7 Å². The summed E-state index contributed by atoms with van der Waals surface area (Å²) in [5, 5.41) is 11.5. The van der Waals surface area contributed by atoms with Gasteiger partial charge in [0.15, 0.2) is 0 Å². The van der Waals surface area contributed by atoms with Gasteiger partial charge in [-0.3, -0.25) is 9.59 Å². The number of nitrogens with one attached hydrogen (secondary N) is 1. The summed E-state index contributed by atoms with van der Waals surface area (Å²) in [6, 6.07) is 4.09. The van der Waals surface area contributed by atoms with E-state index in [4.69, 9.17) is 5.11 Å². The summed E-state index contributed by atoms with van der Waals surface area (Å²) in [5.41, 5.74) is -0.802. The van der Waals surface area contributed by atoms with E-state index >= 15 is 0 Å². The molecule has 0 spiro atoms. The Morgan fingerprint density at radius 3 is 2.63 bits per heavy atom. The number of carbonyl (C=O) groups is 2. The van der Waals surface area contributed by atoms with Crippen molar-refractivity contribution in [3.05, 3.63) is 34.1 Å². The minimum atomic E-state index is -0.963. The van der Waals surface area contributed by atoms with Gasteiger partial charge in [0.05, 0.1) is 17.5 Å². The predicted molar refractivity (Wildman–Crippen MR) is 70.4 cm³/mol. The maximum atomic E-state index is 13.6. The summed E-state index contributed by atoms with van der Waals surface area (Å²) >= 11 is 3.17. The Kier molecular flexibility index (Phi) is 3.89. The molecule has 1 saturated carbocycles. The Balaban J connectivity index is 2.16. The molecule has 0 bridgehead atoms. The highest BCUT2D eigenvalue weighted by atomic mass is 79.9. The fraction of sp³-hybridized carbons (Fsp3) is 0.385. The number of amides is 1. The minimum Gasteiger partial charge on any atom is -0.481 e. The maximum absolute atomic E-state index is 13.6. The van der Waals surface area contributed by atoms with Crippen molar-refractivity contribution in [1.82, 2.24) is 5.32 Å². The molecule has 1 fully saturated rings. The van der Waals surface area contributed by atoms with Crippen LogP contribution in [0.5, 0.6) is 0 Å². The largest absolute Gasteiger partial charge is 0.481 e. The van der Waals surface area contributed by atoms with Gasteiger partial charge in [-0.2, -0.15) is 0 Å². The molecular weight excluding hydrogens is 317 g/mol. The van der Waals surface area contributed by atoms with Crippen molar-refractivity contribution in [2.75, 3.05) is 0 Å². The van der Waals surface area contributed by atoms with Gasteiger partial charge in [-0.15, -0.1) is 0 Å². The third-order valence-corrected chi connectivity index (χ3v) is 3.85. The molecule has 2 rings (SSSR count). The minimum absolute atomic E-state index is 0.0777. The Hall–Kier alpha value is -1.43. The van der Waals surface area contributed by atoms with Crippen LogP contribution in [0, 0.1) is 5.82 Å². The molecule has 2 N–H and O–H groups in total. The van der Waals surface area contributed by atoms with Crippen molar-refractivity contribution in [1.29, 1.82) is 0 Å². The van der Waals surface area contributed by atoms with E-state index < -0.39 is 23.2 Å². The van der Waals surface area contributed by atoms with Gasteiger partial charge in [0.2, 0.25) is 0 Å². The molecule has 0 saturated heterocycles. The highest BCUT2D eigenvalue weighted by Crippen LogP contribution is 2.35. The van der Waals surface area contributed by atoms with Crippen LogP contribution in [0.2, 0.25) is 0 Å². The van der Waals surface area contributed by atoms with Gasteiger partial charge in [-0.25, -0.2) is 4.39 Å². The number of halogens is 2. The van der Waals surface area contributed by atoms with Crippen LogP contribution in [-0.2, 0) is 4.79 Å². The molecule has 1 amide bonds. The van der Waals surface area contributed by atoms with E-state index in [1.54, 1.807) is 0 Å². The van der Waals surface area contributed by atoms with Crippen molar-refractivity contribution < 1.29 is 19.1 Å². The zero-order chi connectivity index (χ0) is 14.0. The average Bonchev–Trinajstić information content (AvgIpc) is 2.28. The summed E-state index contributed by atoms with van der Waals surface area (Å²) < 4.78 is 14.2. The standard InChI is InChI=1S/C13H13BrFNO3/c14-8-2-3-10(15)9(6-8)12(19)16-13(4-1-5-13)7-11(17)18/h2-3,6H,1,4-5,7H2,(H,16,19)(H,17,18). The summed E-state index contributed by atoms with van der Waals surface area (Å²) in [5.74, 6) is -2.15. The number of carboxylic acids is 1. The number of hydrogen-bond acceptors (Lipinski definition) is 2. The number of hydrogen-bond donors (Lipinski definition) is 2. The number of benzene rings is 1. The first-order valence-electron chi connectivity index (χ1n) is 5.91. The van der Waals surface area contributed by atoms with Gasteiger partial charge in [-0.05, 0) is 37.5 Å². The second-order valence-electron chi connectivity index (χ2n) is 4.78. The lowest BCUT2D eigenvalue weighted by atomic mass is 9.74. The summed E-state index contributed by atoms with van der Waals surface area (Å²) in [4.78, 5) is 22.9. The molecule has 0 aromatic heterocycles. The summed E-state index contributed by atoms with van der Waals surface area (Å²) in [6.45, 7) is 0. The second-order valence-corrected chi connectivity index (χ2v) is 5.70. The van der Waals surface area contributed by atoms with Crippen LogP contribution in [0.1, 0.15) is 36.0 Å². The van der Waals surface area contributed by atoms with E-state index in [0.29, 0.717) is 17.3 Å². The van der Waals surface area contributed by atoms with Crippen LogP contribution in [0.25, 0.3) is 0 Å². The zero-order valence-corrected chi connectivity index (χ0v) is 11.7. The maximum Gasteiger partial charge on any atom is 0.305 e. The molecule has 1 aliphatic rings. The van der Waals surface area contributed by atoms with Gasteiger partial charge >= 0.3 is 5.97 Å². The van der Waals surface area contributed by atoms with E-state index in [-0.39, 0.29) is 12.0 Å². The van der Waals surface area contributed by atoms with Gasteiger partial charge < -0.3 is 10.4 Å². The third-order valence-electron chi connectivity index (χ3n) is 3.35. The van der Waals surface area contributed by atoms with Crippen molar-refractivity contribution in [2.45, 2.75) is 31.2 Å². The molecule has 0 atom stereocenters. The first-order valence-corrected chi connectivity index (χ1v) is 6.71. The lowest BCUT2D eigenvalue weighted by Crippen LogP contribution is -2.54. The van der Waals surface area contributed by atoms with E-state index in [2.05, 4.69) is 21.2 Å². The molecule has 19 heavy (non-hydrogen) atoms. The average molecular weight is 330 g/mol. The molecule has 1 aromatic carbocycles. The molecule has 1 aromatic rings. The molecule has 1 aliphatic carbocycles. The second kappa shape index (κ2) is 5.28. The highest BCUT2D eigenvalue weighted by molar-refractivity contribution is 9.10. The van der Waals surface area contributed by atoms with Gasteiger partial charge in [0.25, 0.3) is 5.91 Å². The van der Waals surface area contributed by atoms with Crippen LogP contribution in [0.3, 0.4) is 0 Å². The lowest BCUT2D eigenvalue weighted by molar-refractivity contribution is -0.139. The molecular formula is C13H13BrFNO3. The quantitative estimate of drug-likeness (QED) is 0.892. The lowest BCUT2D eigenvalue weighted by Gasteiger charge is -2.41. The van der Waals surface area contributed by atoms with Crippen LogP contribution >= 0.6 is 15.9 Å². The molecule has 0 heterocycles. The van der Waals surface area contributed by atoms with Gasteiger partial charge in [-0.1, -0.05) is 15.9 Å². The number of carbonyl (C=O) groups excluding carboxylic acids is 1. The Labute approximate surface area is 118 Å². The van der Waals surface area contributed by atoms with Crippen LogP contribution in [0.4, 0.5) is 4.39 Å². The Bertz CT molecular complexity index is 529. The Morgan fingerprint density at radius 1 is 1.42 bits per heavy atom. The van der Waals surface area contributed by atoms with Gasteiger partial charge in [0.1, 0.15) is 5.82 Å². The highest BCUT2D eigenvalue weighted by Gasteiger charge is 2.40. The molecule has 4 nitrogen and oxygen atoms in total. The SMILES string of the molecule is O=C(O)CC1(NC(=O)c2cc(Br)ccc2F)CCC1. The fourth-order valence-corrected chi connectivity index (χ4v) is 2.58. The monoisotopic (exact) mass is 329 g/mol. The summed E-state index contributed by atoms with van der Waals surface area (Å²) in [7, 11) is 0. The number of rotatable bonds is 4. The Morgan fingerprint density at radius 2 is 2.11 bits per heavy atom. The molecule has 0 radical (unpaired) electrons. The third kappa shape index (κ3) is 3.12. The fourth-order valence-electron chi connectivity index (χ4n) is 2.22. The molecule has 102 valence electrons. The predicted octanol–water partition coefficient (Wildman–Crippen LogP) is 2.72. The van der Waals surface area contributed by atoms with Crippen LogP contribution < -0.4 is 5.32 Å². The summed E-state index contributed by atoms with van der Waals surface area (Å²) in [6.07, 6.45) is 1.96.